The van der Waals surface area contributed by atoms with Crippen LogP contribution in [0.2, 0.25) is 0 Å². The quantitative estimate of drug-likeness (QED) is 0.749. The average Bonchev–Trinajstić information content (AvgIpc) is 2.97. The van der Waals surface area contributed by atoms with Crippen LogP contribution < -0.4 is 5.32 Å². The molecule has 1 heterocycles. The summed E-state index contributed by atoms with van der Waals surface area (Å²) in [5.41, 5.74) is 0. The summed E-state index contributed by atoms with van der Waals surface area (Å²) in [6, 6.07) is 4.54. The van der Waals surface area contributed by atoms with Crippen LogP contribution >= 0.6 is 0 Å². The summed E-state index contributed by atoms with van der Waals surface area (Å²) in [4.78, 5) is 13.8. The van der Waals surface area contributed by atoms with E-state index >= 15 is 0 Å². The molecule has 4 nitrogen and oxygen atoms in total. The molecule has 1 aromatic heterocycles. The second-order valence-corrected chi connectivity index (χ2v) is 6.59. The Morgan fingerprint density at radius 2 is 2.19 bits per heavy atom. The number of furan rings is 1. The smallest absolute Gasteiger partial charge is 0.222 e. The standard InChI is InChI=1S/C17H28N2O2/c1-12(2)18-9-5-6-17(20)19(4)11-14-7-8-16(21-14)15-10-13(15)3/h7-8,12-13,15,18H,5-6,9-11H2,1-4H3. The van der Waals surface area contributed by atoms with E-state index in [0.29, 0.717) is 24.9 Å². The van der Waals surface area contributed by atoms with E-state index in [1.165, 1.54) is 6.42 Å². The Kier molecular flexibility index (Phi) is 5.45. The molecule has 2 rings (SSSR count). The molecule has 2 unspecified atom stereocenters. The lowest BCUT2D eigenvalue weighted by Crippen LogP contribution is -2.28. The molecule has 4 heteroatoms. The molecule has 1 N–H and O–H groups in total. The topological polar surface area (TPSA) is 45.5 Å². The molecular formula is C17H28N2O2. The molecule has 21 heavy (non-hydrogen) atoms. The van der Waals surface area contributed by atoms with Gasteiger partial charge in [0.05, 0.1) is 6.54 Å². The van der Waals surface area contributed by atoms with E-state index in [0.717, 1.165) is 30.4 Å². The van der Waals surface area contributed by atoms with Crippen LogP contribution in [0.4, 0.5) is 0 Å². The molecule has 0 bridgehead atoms. The van der Waals surface area contributed by atoms with E-state index < -0.39 is 0 Å². The van der Waals surface area contributed by atoms with Gasteiger partial charge in [0.2, 0.25) is 5.91 Å². The Labute approximate surface area is 127 Å². The van der Waals surface area contributed by atoms with Gasteiger partial charge in [0.1, 0.15) is 11.5 Å². The molecule has 0 aliphatic heterocycles. The molecule has 1 aromatic rings. The SMILES string of the molecule is CC(C)NCCCC(=O)N(C)Cc1ccc(C2CC2C)o1. The van der Waals surface area contributed by atoms with Gasteiger partial charge in [0.25, 0.3) is 0 Å². The van der Waals surface area contributed by atoms with Gasteiger partial charge in [-0.05, 0) is 37.4 Å². The Morgan fingerprint density at radius 3 is 2.81 bits per heavy atom. The highest BCUT2D eigenvalue weighted by Gasteiger charge is 2.36. The molecule has 1 amide bonds. The van der Waals surface area contributed by atoms with Crippen molar-refractivity contribution in [3.8, 4) is 0 Å². The van der Waals surface area contributed by atoms with Crippen molar-refractivity contribution in [2.75, 3.05) is 13.6 Å². The zero-order valence-electron chi connectivity index (χ0n) is 13.7. The van der Waals surface area contributed by atoms with Gasteiger partial charge in [-0.1, -0.05) is 20.8 Å². The highest BCUT2D eigenvalue weighted by Crippen LogP contribution is 2.47. The minimum Gasteiger partial charge on any atom is -0.464 e. The molecule has 1 fully saturated rings. The molecular weight excluding hydrogens is 264 g/mol. The molecule has 0 saturated heterocycles. The zero-order valence-corrected chi connectivity index (χ0v) is 13.7. The fraction of sp³-hybridized carbons (Fsp3) is 0.706. The zero-order chi connectivity index (χ0) is 15.4. The first kappa shape index (κ1) is 16.1. The Bertz CT molecular complexity index is 467. The van der Waals surface area contributed by atoms with E-state index in [-0.39, 0.29) is 5.91 Å². The number of nitrogens with zero attached hydrogens (tertiary/aromatic N) is 1. The summed E-state index contributed by atoms with van der Waals surface area (Å²) in [5, 5.41) is 3.33. The highest BCUT2D eigenvalue weighted by atomic mass is 16.3. The number of nitrogens with one attached hydrogen (secondary N) is 1. The Hall–Kier alpha value is -1.29. The van der Waals surface area contributed by atoms with Gasteiger partial charge >= 0.3 is 0 Å². The third-order valence-corrected chi connectivity index (χ3v) is 4.10. The lowest BCUT2D eigenvalue weighted by Gasteiger charge is -2.16. The van der Waals surface area contributed by atoms with Crippen LogP contribution in [0.3, 0.4) is 0 Å². The second-order valence-electron chi connectivity index (χ2n) is 6.59. The van der Waals surface area contributed by atoms with Crippen molar-refractivity contribution in [3.05, 3.63) is 23.7 Å². The van der Waals surface area contributed by atoms with Crippen molar-refractivity contribution >= 4 is 5.91 Å². The molecule has 1 saturated carbocycles. The van der Waals surface area contributed by atoms with Crippen molar-refractivity contribution in [2.45, 2.75) is 58.5 Å². The predicted octanol–water partition coefficient (Wildman–Crippen LogP) is 3.14. The number of carbonyl (C=O) groups excluding carboxylic acids is 1. The van der Waals surface area contributed by atoms with Gasteiger partial charge in [0.15, 0.2) is 0 Å². The van der Waals surface area contributed by atoms with Gasteiger partial charge in [0, 0.05) is 25.4 Å². The molecule has 118 valence electrons. The number of carbonyl (C=O) groups is 1. The van der Waals surface area contributed by atoms with Gasteiger partial charge in [-0.2, -0.15) is 0 Å². The maximum atomic E-state index is 12.1. The van der Waals surface area contributed by atoms with E-state index in [2.05, 4.69) is 32.2 Å². The molecule has 0 radical (unpaired) electrons. The van der Waals surface area contributed by atoms with Gasteiger partial charge in [-0.25, -0.2) is 0 Å². The first-order chi connectivity index (χ1) is 9.97. The maximum Gasteiger partial charge on any atom is 0.222 e. The summed E-state index contributed by atoms with van der Waals surface area (Å²) < 4.78 is 5.85. The number of rotatable bonds is 8. The minimum absolute atomic E-state index is 0.179. The summed E-state index contributed by atoms with van der Waals surface area (Å²) in [5.74, 6) is 3.50. The second kappa shape index (κ2) is 7.12. The van der Waals surface area contributed by atoms with Crippen LogP contribution in [0.1, 0.15) is 57.5 Å². The van der Waals surface area contributed by atoms with Gasteiger partial charge < -0.3 is 14.6 Å². The maximum absolute atomic E-state index is 12.1. The van der Waals surface area contributed by atoms with Crippen LogP contribution in [-0.4, -0.2) is 30.4 Å². The van der Waals surface area contributed by atoms with Crippen molar-refractivity contribution in [2.24, 2.45) is 5.92 Å². The molecule has 0 aromatic carbocycles. The lowest BCUT2D eigenvalue weighted by atomic mass is 10.2. The number of amides is 1. The van der Waals surface area contributed by atoms with Gasteiger partial charge in [-0.15, -0.1) is 0 Å². The fourth-order valence-electron chi connectivity index (χ4n) is 2.54. The van der Waals surface area contributed by atoms with Crippen molar-refractivity contribution in [1.82, 2.24) is 10.2 Å². The average molecular weight is 292 g/mol. The van der Waals surface area contributed by atoms with Crippen LogP contribution in [0.25, 0.3) is 0 Å². The van der Waals surface area contributed by atoms with Crippen molar-refractivity contribution in [1.29, 1.82) is 0 Å². The molecule has 1 aliphatic rings. The summed E-state index contributed by atoms with van der Waals surface area (Å²) >= 11 is 0. The fourth-order valence-corrected chi connectivity index (χ4v) is 2.54. The van der Waals surface area contributed by atoms with E-state index in [1.807, 2.05) is 13.1 Å². The lowest BCUT2D eigenvalue weighted by molar-refractivity contribution is -0.130. The first-order valence-electron chi connectivity index (χ1n) is 8.03. The number of hydrogen-bond donors (Lipinski definition) is 1. The molecule has 0 spiro atoms. The summed E-state index contributed by atoms with van der Waals surface area (Å²) in [6.07, 6.45) is 2.69. The monoisotopic (exact) mass is 292 g/mol. The van der Waals surface area contributed by atoms with Gasteiger partial charge in [-0.3, -0.25) is 4.79 Å². The van der Waals surface area contributed by atoms with Crippen molar-refractivity contribution < 1.29 is 9.21 Å². The van der Waals surface area contributed by atoms with Crippen molar-refractivity contribution in [3.63, 3.8) is 0 Å². The van der Waals surface area contributed by atoms with Crippen LogP contribution in [0.5, 0.6) is 0 Å². The Morgan fingerprint density at radius 1 is 1.48 bits per heavy atom. The minimum atomic E-state index is 0.179. The number of hydrogen-bond acceptors (Lipinski definition) is 3. The van der Waals surface area contributed by atoms with E-state index in [4.69, 9.17) is 4.42 Å². The third-order valence-electron chi connectivity index (χ3n) is 4.10. The van der Waals surface area contributed by atoms with Crippen LogP contribution in [0.15, 0.2) is 16.5 Å². The first-order valence-corrected chi connectivity index (χ1v) is 8.03. The predicted molar refractivity (Wildman–Crippen MR) is 84.1 cm³/mol. The van der Waals surface area contributed by atoms with Crippen LogP contribution in [-0.2, 0) is 11.3 Å². The largest absolute Gasteiger partial charge is 0.464 e. The Balaban J connectivity index is 1.71. The molecule has 1 aliphatic carbocycles. The van der Waals surface area contributed by atoms with E-state index in [1.54, 1.807) is 4.90 Å². The summed E-state index contributed by atoms with van der Waals surface area (Å²) in [7, 11) is 1.85. The molecule has 2 atom stereocenters. The third kappa shape index (κ3) is 4.88. The van der Waals surface area contributed by atoms with E-state index in [9.17, 15) is 4.79 Å². The van der Waals surface area contributed by atoms with Crippen LogP contribution in [0, 0.1) is 5.92 Å². The summed E-state index contributed by atoms with van der Waals surface area (Å²) in [6.45, 7) is 7.93. The highest BCUT2D eigenvalue weighted by molar-refractivity contribution is 5.75. The normalized spacial score (nSPS) is 20.8.